The van der Waals surface area contributed by atoms with Crippen LogP contribution < -0.4 is 37.2 Å². The first-order valence-corrected chi connectivity index (χ1v) is 33.2. The molecular weight excluding hydrogens is 1300 g/mol. The van der Waals surface area contributed by atoms with E-state index in [1.165, 1.54) is 45.3 Å². The molecule has 0 saturated carbocycles. The lowest BCUT2D eigenvalue weighted by atomic mass is 10.1. The third-order valence-electron chi connectivity index (χ3n) is 13.5. The Bertz CT molecular complexity index is 4530. The maximum Gasteiger partial charge on any atom is 0.416 e. The highest BCUT2D eigenvalue weighted by Crippen LogP contribution is 2.34. The summed E-state index contributed by atoms with van der Waals surface area (Å²) in [5, 5.41) is 36.7. The molecule has 1 aliphatic heterocycles. The van der Waals surface area contributed by atoms with Gasteiger partial charge in [-0.25, -0.2) is 59.8 Å². The second-order valence-electron chi connectivity index (χ2n) is 21.3. The number of nitriles is 1. The van der Waals surface area contributed by atoms with Crippen molar-refractivity contribution in [1.29, 1.82) is 5.26 Å². The van der Waals surface area contributed by atoms with E-state index in [0.29, 0.717) is 34.1 Å². The SMILES string of the molecule is Cc1cc(C)cc(Nc2nccc(-c3ncc(CNCCCO)s3)n2)c1.Cc1cnc(-c2ccnc(Nc3cc(N)cc(C(F)(F)F)c3)n2)s1.Cc1cnc(-c2ccnc(Nc3ccc(N4CCOCC4)cc3)n2)s1.Cc1cnc(-c2ccnc(Nc3cccc(C#N)c3)n2)s1. The van der Waals surface area contributed by atoms with Gasteiger partial charge in [-0.3, -0.25) is 0 Å². The number of nitrogens with zero attached hydrogens (tertiary/aromatic N) is 14. The molecule has 9 heterocycles. The predicted molar refractivity (Wildman–Crippen MR) is 376 cm³/mol. The van der Waals surface area contributed by atoms with Crippen molar-refractivity contribution >= 4 is 103 Å². The minimum Gasteiger partial charge on any atom is -0.399 e. The number of nitrogens with one attached hydrogen (secondary N) is 5. The lowest BCUT2D eigenvalue weighted by molar-refractivity contribution is -0.137. The Morgan fingerprint density at radius 3 is 1.48 bits per heavy atom. The Labute approximate surface area is 567 Å². The molecule has 0 radical (unpaired) electrons. The fourth-order valence-corrected chi connectivity index (χ4v) is 12.2. The number of hydrogen-bond donors (Lipinski definition) is 7. The summed E-state index contributed by atoms with van der Waals surface area (Å²) in [6.45, 7) is 15.3. The zero-order valence-corrected chi connectivity index (χ0v) is 55.9. The number of ether oxygens (including phenoxy) is 1. The Morgan fingerprint density at radius 2 is 1.01 bits per heavy atom. The molecule has 1 fully saturated rings. The van der Waals surface area contributed by atoms with Gasteiger partial charge in [-0.1, -0.05) is 12.1 Å². The zero-order valence-electron chi connectivity index (χ0n) is 52.6. The number of halogens is 3. The summed E-state index contributed by atoms with van der Waals surface area (Å²) in [5.41, 5.74) is 14.8. The van der Waals surface area contributed by atoms with Gasteiger partial charge in [0.2, 0.25) is 23.8 Å². The number of benzene rings is 4. The van der Waals surface area contributed by atoms with Gasteiger partial charge in [-0.2, -0.15) is 18.4 Å². The molecule has 4 aromatic carbocycles. The molecule has 12 aromatic rings. The van der Waals surface area contributed by atoms with E-state index in [1.807, 2.05) is 81.8 Å². The first-order valence-electron chi connectivity index (χ1n) is 29.9. The number of aliphatic hydroxyl groups excluding tert-OH is 1. The van der Waals surface area contributed by atoms with E-state index >= 15 is 0 Å². The number of morpholine rings is 1. The third kappa shape index (κ3) is 20.3. The molecule has 0 aliphatic carbocycles. The standard InChI is InChI=1S/C19H23N5OS.C18H19N5OS.C15H12F3N5S.C15H11N5S/c1-13-8-14(2)10-15(9-13)23-19-21-6-4-17(24-19)18-22-12-16(26-18)11-20-5-3-7-25;1-13-12-20-17(25-13)16-6-7-19-18(22-16)21-14-2-4-15(5-3-14)23-8-10-24-11-9-23;1-8-7-21-13(24-8)12-2-3-20-14(23-12)22-11-5-9(15(16,17)18)4-10(19)6-11;1-10-9-18-14(21-10)13-5-6-17-15(20-13)19-12-4-2-3-11(7-12)8-16/h4,6,8-10,12,20,25H,3,5,7,11H2,1-2H3,(H,21,23,24);2-7,12H,8-11H2,1H3,(H,19,21,22);2-7H,19H2,1H3,(H,20,22,23);2-7,9H,1H3,(H,17,19,20). The number of thiazole rings is 4. The van der Waals surface area contributed by atoms with E-state index in [2.05, 4.69) is 142 Å². The van der Waals surface area contributed by atoms with Gasteiger partial charge in [0.05, 0.1) is 30.4 Å². The summed E-state index contributed by atoms with van der Waals surface area (Å²) in [4.78, 5) is 58.9. The smallest absolute Gasteiger partial charge is 0.399 e. The van der Waals surface area contributed by atoms with Crippen LogP contribution in [0.2, 0.25) is 0 Å². The van der Waals surface area contributed by atoms with E-state index < -0.39 is 11.7 Å². The number of aryl methyl sites for hydroxylation is 5. The van der Waals surface area contributed by atoms with E-state index in [9.17, 15) is 13.2 Å². The van der Waals surface area contributed by atoms with Crippen molar-refractivity contribution in [3.63, 3.8) is 0 Å². The molecule has 1 aliphatic rings. The maximum absolute atomic E-state index is 12.9. The first kappa shape index (κ1) is 68.5. The summed E-state index contributed by atoms with van der Waals surface area (Å²) >= 11 is 6.29. The summed E-state index contributed by atoms with van der Waals surface area (Å²) in [5.74, 6) is 1.78. The molecule has 29 heteroatoms. The minimum absolute atomic E-state index is 0.000900. The summed E-state index contributed by atoms with van der Waals surface area (Å²) < 4.78 is 44.0. The predicted octanol–water partition coefficient (Wildman–Crippen LogP) is 14.7. The van der Waals surface area contributed by atoms with Crippen LogP contribution in [0.5, 0.6) is 0 Å². The Kier molecular flexibility index (Phi) is 23.7. The molecule has 0 bridgehead atoms. The molecule has 0 atom stereocenters. The number of alkyl halides is 3. The molecule has 22 nitrogen and oxygen atoms in total. The molecule has 0 unspecified atom stereocenters. The topological polar surface area (TPSA) is 297 Å². The van der Waals surface area contributed by atoms with Crippen molar-refractivity contribution in [2.75, 3.05) is 71.4 Å². The van der Waals surface area contributed by atoms with Crippen LogP contribution in [0.4, 0.5) is 71.1 Å². The van der Waals surface area contributed by atoms with E-state index in [0.717, 1.165) is 122 Å². The Morgan fingerprint density at radius 1 is 0.542 bits per heavy atom. The lowest BCUT2D eigenvalue weighted by Crippen LogP contribution is -2.36. The molecule has 96 heavy (non-hydrogen) atoms. The highest BCUT2D eigenvalue weighted by molar-refractivity contribution is 7.15. The fraction of sp³-hybridized carbons (Fsp3) is 0.209. The zero-order chi connectivity index (χ0) is 67.4. The van der Waals surface area contributed by atoms with Crippen LogP contribution >= 0.6 is 45.3 Å². The monoisotopic (exact) mass is 1370 g/mol. The van der Waals surface area contributed by atoms with Crippen molar-refractivity contribution in [2.24, 2.45) is 0 Å². The van der Waals surface area contributed by atoms with Gasteiger partial charge >= 0.3 is 6.18 Å². The number of anilines is 10. The number of nitrogen functional groups attached to an aromatic ring is 1. The quantitative estimate of drug-likeness (QED) is 0.0310. The van der Waals surface area contributed by atoms with Crippen LogP contribution in [0.1, 0.15) is 48.2 Å². The second kappa shape index (κ2) is 33.2. The molecule has 13 rings (SSSR count). The number of hydrogen-bond acceptors (Lipinski definition) is 26. The van der Waals surface area contributed by atoms with Gasteiger partial charge in [0, 0.05) is 129 Å². The van der Waals surface area contributed by atoms with Crippen LogP contribution in [0, 0.1) is 45.9 Å². The highest BCUT2D eigenvalue weighted by atomic mass is 32.1. The van der Waals surface area contributed by atoms with Gasteiger partial charge in [0.1, 0.15) is 42.8 Å². The molecule has 0 amide bonds. The molecule has 8 N–H and O–H groups in total. The van der Waals surface area contributed by atoms with Crippen LogP contribution in [0.3, 0.4) is 0 Å². The fourth-order valence-electron chi connectivity index (χ4n) is 9.19. The van der Waals surface area contributed by atoms with Crippen LogP contribution in [-0.4, -0.2) is 104 Å². The average molecular weight is 1370 g/mol. The summed E-state index contributed by atoms with van der Waals surface area (Å²) in [6.07, 6.45) is 10.3. The van der Waals surface area contributed by atoms with Crippen LogP contribution in [-0.2, 0) is 17.5 Å². The largest absolute Gasteiger partial charge is 0.416 e. The number of aliphatic hydroxyl groups is 1. The van der Waals surface area contributed by atoms with Crippen molar-refractivity contribution in [3.05, 3.63) is 201 Å². The molecular formula is C67H65F3N20O2S4. The summed E-state index contributed by atoms with van der Waals surface area (Å²) in [6, 6.07) is 34.4. The molecule has 1 saturated heterocycles. The third-order valence-corrected chi connectivity index (χ3v) is 17.3. The van der Waals surface area contributed by atoms with Gasteiger partial charge in [0.15, 0.2) is 0 Å². The molecule has 8 aromatic heterocycles. The van der Waals surface area contributed by atoms with Crippen LogP contribution in [0.15, 0.2) is 159 Å². The van der Waals surface area contributed by atoms with Crippen molar-refractivity contribution in [1.82, 2.24) is 65.1 Å². The number of aromatic nitrogens is 12. The second-order valence-corrected chi connectivity index (χ2v) is 26.2. The maximum atomic E-state index is 12.9. The van der Waals surface area contributed by atoms with Gasteiger partial charge in [-0.15, -0.1) is 45.3 Å². The van der Waals surface area contributed by atoms with Crippen molar-refractivity contribution in [2.45, 2.75) is 53.8 Å². The van der Waals surface area contributed by atoms with E-state index in [4.69, 9.17) is 20.8 Å². The van der Waals surface area contributed by atoms with E-state index in [-0.39, 0.29) is 23.9 Å². The summed E-state index contributed by atoms with van der Waals surface area (Å²) in [7, 11) is 0. The molecule has 490 valence electrons. The van der Waals surface area contributed by atoms with Gasteiger partial charge in [0.25, 0.3) is 0 Å². The van der Waals surface area contributed by atoms with E-state index in [1.54, 1.807) is 77.0 Å². The Hall–Kier alpha value is -10.3. The molecule has 0 spiro atoms. The Balaban J connectivity index is 0.000000140. The van der Waals surface area contributed by atoms with Crippen LogP contribution in [0.25, 0.3) is 42.8 Å². The lowest BCUT2D eigenvalue weighted by Gasteiger charge is -2.28. The highest BCUT2D eigenvalue weighted by Gasteiger charge is 2.31. The first-order chi connectivity index (χ1) is 46.5. The van der Waals surface area contributed by atoms with Gasteiger partial charge in [-0.05, 0) is 156 Å². The van der Waals surface area contributed by atoms with Crippen molar-refractivity contribution in [3.8, 4) is 48.9 Å². The number of nitrogens with two attached hydrogens (primary N) is 1. The minimum atomic E-state index is -4.48. The average Bonchev–Trinajstić information content (AvgIpc) is 0.960. The normalized spacial score (nSPS) is 11.8. The van der Waals surface area contributed by atoms with Crippen molar-refractivity contribution < 1.29 is 23.0 Å². The van der Waals surface area contributed by atoms with Gasteiger partial charge < -0.3 is 47.1 Å². The number of rotatable bonds is 18.